The first-order valence-corrected chi connectivity index (χ1v) is 6.65. The van der Waals surface area contributed by atoms with Gasteiger partial charge in [0.25, 0.3) is 0 Å². The Kier molecular flexibility index (Phi) is 3.38. The topological polar surface area (TPSA) is 69.6 Å². The second-order valence-corrected chi connectivity index (χ2v) is 5.16. The Morgan fingerprint density at radius 2 is 1.76 bits per heavy atom. The fourth-order valence-corrected chi connectivity index (χ4v) is 2.11. The molecule has 21 heavy (non-hydrogen) atoms. The molecule has 0 spiro atoms. The zero-order valence-corrected chi connectivity index (χ0v) is 12.1. The van der Waals surface area contributed by atoms with Gasteiger partial charge < -0.3 is 5.73 Å². The van der Waals surface area contributed by atoms with Crippen LogP contribution in [0.15, 0.2) is 40.9 Å². The smallest absolute Gasteiger partial charge is 0.190 e. The van der Waals surface area contributed by atoms with Crippen LogP contribution in [0, 0.1) is 11.6 Å². The molecule has 0 saturated heterocycles. The number of hydrogen-bond donors (Lipinski definition) is 1. The van der Waals surface area contributed by atoms with E-state index in [1.807, 2.05) is 0 Å². The van der Waals surface area contributed by atoms with Crippen molar-refractivity contribution in [3.8, 4) is 17.1 Å². The maximum absolute atomic E-state index is 13.9. The molecule has 8 heteroatoms. The number of rotatable bonds is 2. The molecule has 0 bridgehead atoms. The Morgan fingerprint density at radius 3 is 2.48 bits per heavy atom. The van der Waals surface area contributed by atoms with Crippen LogP contribution < -0.4 is 5.73 Å². The van der Waals surface area contributed by atoms with Gasteiger partial charge in [-0.2, -0.15) is 4.68 Å². The first-order valence-electron chi connectivity index (χ1n) is 5.85. The van der Waals surface area contributed by atoms with Crippen molar-refractivity contribution in [3.63, 3.8) is 0 Å². The Morgan fingerprint density at radius 1 is 1.05 bits per heavy atom. The summed E-state index contributed by atoms with van der Waals surface area (Å²) in [6, 6.07) is 9.01. The second-order valence-electron chi connectivity index (χ2n) is 4.24. The van der Waals surface area contributed by atoms with Crippen molar-refractivity contribution in [1.29, 1.82) is 0 Å². The van der Waals surface area contributed by atoms with Crippen LogP contribution in [0.4, 0.5) is 14.5 Å². The van der Waals surface area contributed by atoms with Gasteiger partial charge in [-0.1, -0.05) is 15.9 Å². The van der Waals surface area contributed by atoms with E-state index in [9.17, 15) is 8.78 Å². The number of tetrazole rings is 1. The molecule has 3 rings (SSSR count). The lowest BCUT2D eigenvalue weighted by atomic mass is 10.1. The van der Waals surface area contributed by atoms with Gasteiger partial charge in [-0.3, -0.25) is 0 Å². The van der Waals surface area contributed by atoms with E-state index in [0.29, 0.717) is 11.8 Å². The molecule has 0 amide bonds. The SMILES string of the molecule is Nc1cc(-c2nnnn2-c2ccc(Br)cc2)c(F)cc1F. The summed E-state index contributed by atoms with van der Waals surface area (Å²) in [5, 5.41) is 11.2. The van der Waals surface area contributed by atoms with Crippen LogP contribution in [0.1, 0.15) is 0 Å². The summed E-state index contributed by atoms with van der Waals surface area (Å²) in [4.78, 5) is 0. The van der Waals surface area contributed by atoms with Gasteiger partial charge in [0, 0.05) is 10.5 Å². The van der Waals surface area contributed by atoms with Crippen LogP contribution in [0.25, 0.3) is 17.1 Å². The highest BCUT2D eigenvalue weighted by molar-refractivity contribution is 9.10. The number of nitrogens with two attached hydrogens (primary N) is 1. The predicted molar refractivity (Wildman–Crippen MR) is 76.6 cm³/mol. The fourth-order valence-electron chi connectivity index (χ4n) is 1.85. The summed E-state index contributed by atoms with van der Waals surface area (Å²) in [5.41, 5.74) is 5.98. The molecule has 0 aliphatic heterocycles. The van der Waals surface area contributed by atoms with Crippen molar-refractivity contribution < 1.29 is 8.78 Å². The monoisotopic (exact) mass is 351 g/mol. The van der Waals surface area contributed by atoms with Crippen LogP contribution in [0.2, 0.25) is 0 Å². The van der Waals surface area contributed by atoms with Crippen LogP contribution in [-0.4, -0.2) is 20.2 Å². The standard InChI is InChI=1S/C13H8BrF2N5/c14-7-1-3-8(4-2-7)21-13(18-19-20-21)9-5-12(17)11(16)6-10(9)15/h1-6H,17H2. The van der Waals surface area contributed by atoms with Gasteiger partial charge >= 0.3 is 0 Å². The number of nitrogens with zero attached hydrogens (tertiary/aromatic N) is 4. The molecule has 5 nitrogen and oxygen atoms in total. The number of nitrogen functional groups attached to an aromatic ring is 1. The first kappa shape index (κ1) is 13.6. The molecule has 0 unspecified atom stereocenters. The average molecular weight is 352 g/mol. The summed E-state index contributed by atoms with van der Waals surface area (Å²) >= 11 is 3.32. The molecule has 106 valence electrons. The zero-order valence-electron chi connectivity index (χ0n) is 10.5. The van der Waals surface area contributed by atoms with Crippen molar-refractivity contribution in [2.75, 3.05) is 5.73 Å². The van der Waals surface area contributed by atoms with E-state index in [1.54, 1.807) is 24.3 Å². The van der Waals surface area contributed by atoms with Gasteiger partial charge in [-0.05, 0) is 40.8 Å². The molecule has 2 aromatic carbocycles. The number of anilines is 1. The lowest BCUT2D eigenvalue weighted by Crippen LogP contribution is -2.02. The minimum atomic E-state index is -0.820. The van der Waals surface area contributed by atoms with Gasteiger partial charge in [-0.15, -0.1) is 5.10 Å². The molecule has 1 aromatic heterocycles. The van der Waals surface area contributed by atoms with E-state index in [-0.39, 0.29) is 17.1 Å². The largest absolute Gasteiger partial charge is 0.396 e. The van der Waals surface area contributed by atoms with Crippen molar-refractivity contribution >= 4 is 21.6 Å². The van der Waals surface area contributed by atoms with Crippen LogP contribution in [0.3, 0.4) is 0 Å². The van der Waals surface area contributed by atoms with Gasteiger partial charge in [0.05, 0.1) is 16.9 Å². The third kappa shape index (κ3) is 2.49. The molecule has 0 aliphatic rings. The van der Waals surface area contributed by atoms with E-state index in [4.69, 9.17) is 5.73 Å². The third-order valence-electron chi connectivity index (χ3n) is 2.87. The maximum Gasteiger partial charge on any atom is 0.190 e. The summed E-state index contributed by atoms with van der Waals surface area (Å²) in [7, 11) is 0. The summed E-state index contributed by atoms with van der Waals surface area (Å²) in [6.07, 6.45) is 0. The van der Waals surface area contributed by atoms with Crippen molar-refractivity contribution in [2.24, 2.45) is 0 Å². The molecule has 1 heterocycles. The van der Waals surface area contributed by atoms with E-state index in [0.717, 1.165) is 4.47 Å². The molecule has 0 radical (unpaired) electrons. The molecular weight excluding hydrogens is 344 g/mol. The fraction of sp³-hybridized carbons (Fsp3) is 0. The van der Waals surface area contributed by atoms with Crippen LogP contribution >= 0.6 is 15.9 Å². The number of benzene rings is 2. The molecule has 0 fully saturated rings. The normalized spacial score (nSPS) is 10.8. The summed E-state index contributed by atoms with van der Waals surface area (Å²) in [5.74, 6) is -1.46. The van der Waals surface area contributed by atoms with E-state index >= 15 is 0 Å². The highest BCUT2D eigenvalue weighted by atomic mass is 79.9. The molecule has 0 aliphatic carbocycles. The molecule has 0 atom stereocenters. The summed E-state index contributed by atoms with van der Waals surface area (Å²) < 4.78 is 29.4. The van der Waals surface area contributed by atoms with E-state index in [1.165, 1.54) is 10.7 Å². The van der Waals surface area contributed by atoms with Gasteiger partial charge in [-0.25, -0.2) is 8.78 Å². The van der Waals surface area contributed by atoms with Crippen molar-refractivity contribution in [1.82, 2.24) is 20.2 Å². The summed E-state index contributed by atoms with van der Waals surface area (Å²) in [6.45, 7) is 0. The quantitative estimate of drug-likeness (QED) is 0.720. The third-order valence-corrected chi connectivity index (χ3v) is 3.40. The van der Waals surface area contributed by atoms with Crippen LogP contribution in [0.5, 0.6) is 0 Å². The second kappa shape index (κ2) is 5.21. The zero-order chi connectivity index (χ0) is 15.0. The highest BCUT2D eigenvalue weighted by Gasteiger charge is 2.17. The lowest BCUT2D eigenvalue weighted by Gasteiger charge is -2.07. The Bertz CT molecular complexity index is 801. The molecule has 2 N–H and O–H groups in total. The van der Waals surface area contributed by atoms with Gasteiger partial charge in [0.15, 0.2) is 5.82 Å². The van der Waals surface area contributed by atoms with Gasteiger partial charge in [0.2, 0.25) is 0 Å². The molecular formula is C13H8BrF2N5. The molecule has 0 saturated carbocycles. The van der Waals surface area contributed by atoms with Crippen molar-refractivity contribution in [3.05, 3.63) is 52.5 Å². The minimum absolute atomic E-state index is 0.0295. The van der Waals surface area contributed by atoms with Crippen LogP contribution in [-0.2, 0) is 0 Å². The number of halogens is 3. The van der Waals surface area contributed by atoms with Gasteiger partial charge in [0.1, 0.15) is 11.6 Å². The van der Waals surface area contributed by atoms with Crippen molar-refractivity contribution in [2.45, 2.75) is 0 Å². The highest BCUT2D eigenvalue weighted by Crippen LogP contribution is 2.26. The lowest BCUT2D eigenvalue weighted by molar-refractivity contribution is 0.587. The predicted octanol–water partition coefficient (Wildman–Crippen LogP) is 2.95. The van der Waals surface area contributed by atoms with E-state index in [2.05, 4.69) is 31.5 Å². The molecule has 3 aromatic rings. The number of hydrogen-bond acceptors (Lipinski definition) is 4. The minimum Gasteiger partial charge on any atom is -0.396 e. The Labute approximate surface area is 126 Å². The average Bonchev–Trinajstić information content (AvgIpc) is 2.93. The number of aromatic nitrogens is 4. The Balaban J connectivity index is 2.15. The Hall–Kier alpha value is -2.35. The van der Waals surface area contributed by atoms with E-state index < -0.39 is 11.6 Å². The first-order chi connectivity index (χ1) is 10.1. The maximum atomic E-state index is 13.9.